The summed E-state index contributed by atoms with van der Waals surface area (Å²) in [5.74, 6) is 0.662. The fraction of sp³-hybridized carbons (Fsp3) is 0.400. The van der Waals surface area contributed by atoms with Crippen molar-refractivity contribution in [2.24, 2.45) is 0 Å². The van der Waals surface area contributed by atoms with Gasteiger partial charge >= 0.3 is 29.6 Å². The zero-order chi connectivity index (χ0) is 6.15. The van der Waals surface area contributed by atoms with Gasteiger partial charge in [-0.1, -0.05) is 0 Å². The van der Waals surface area contributed by atoms with Gasteiger partial charge in [0, 0.05) is 0 Å². The smallest absolute Gasteiger partial charge is 1.00 e. The van der Waals surface area contributed by atoms with Crippen molar-refractivity contribution in [2.45, 2.75) is 13.8 Å². The molecule has 1 aromatic rings. The Hall–Kier alpha value is 0.01000. The largest absolute Gasteiger partial charge is 1.00 e. The molecule has 9 heavy (non-hydrogen) atoms. The Kier molecular flexibility index (Phi) is 3.25. The van der Waals surface area contributed by atoms with E-state index in [4.69, 9.17) is 0 Å². The molecule has 1 rings (SSSR count). The van der Waals surface area contributed by atoms with Gasteiger partial charge in [-0.05, 0) is 13.8 Å². The molecule has 0 unspecified atom stereocenters. The Morgan fingerprint density at radius 1 is 1.56 bits per heavy atom. The van der Waals surface area contributed by atoms with Crippen LogP contribution in [-0.4, -0.2) is 5.16 Å². The van der Waals surface area contributed by atoms with Crippen molar-refractivity contribution in [2.75, 3.05) is 0 Å². The maximum absolute atomic E-state index is 10.5. The van der Waals surface area contributed by atoms with Gasteiger partial charge in [0.1, 0.15) is 5.76 Å². The Morgan fingerprint density at radius 2 is 2.11 bits per heavy atom. The SMILES string of the molecule is Cc1o[nH]c(=O)c1C.[H-].[Na+]. The van der Waals surface area contributed by atoms with Crippen LogP contribution in [0.3, 0.4) is 0 Å². The fourth-order valence-electron chi connectivity index (χ4n) is 0.436. The van der Waals surface area contributed by atoms with Crippen molar-refractivity contribution in [3.05, 3.63) is 21.7 Å². The average Bonchev–Trinajstić information content (AvgIpc) is 1.98. The van der Waals surface area contributed by atoms with Crippen LogP contribution in [0.4, 0.5) is 0 Å². The van der Waals surface area contributed by atoms with Gasteiger partial charge in [0.25, 0.3) is 5.56 Å². The number of hydrogen-bond donors (Lipinski definition) is 1. The predicted octanol–water partition coefficient (Wildman–Crippen LogP) is -2.30. The molecule has 0 aliphatic carbocycles. The Morgan fingerprint density at radius 3 is 2.22 bits per heavy atom. The second-order valence-electron chi connectivity index (χ2n) is 1.71. The molecule has 0 radical (unpaired) electrons. The van der Waals surface area contributed by atoms with E-state index in [9.17, 15) is 4.79 Å². The summed E-state index contributed by atoms with van der Waals surface area (Å²) >= 11 is 0. The van der Waals surface area contributed by atoms with Gasteiger partial charge in [0.15, 0.2) is 0 Å². The van der Waals surface area contributed by atoms with Gasteiger partial charge in [0.05, 0.1) is 5.56 Å². The summed E-state index contributed by atoms with van der Waals surface area (Å²) in [6.07, 6.45) is 0. The van der Waals surface area contributed by atoms with Crippen LogP contribution in [0.15, 0.2) is 9.32 Å². The van der Waals surface area contributed by atoms with Crippen LogP contribution in [0.2, 0.25) is 0 Å². The van der Waals surface area contributed by atoms with Crippen LogP contribution < -0.4 is 35.1 Å². The topological polar surface area (TPSA) is 46.0 Å². The van der Waals surface area contributed by atoms with E-state index in [1.807, 2.05) is 0 Å². The number of H-pyrrole nitrogens is 1. The maximum Gasteiger partial charge on any atom is 1.00 e. The molecule has 46 valence electrons. The summed E-state index contributed by atoms with van der Waals surface area (Å²) in [6, 6.07) is 0. The molecular formula is C5H8NNaO2. The molecule has 0 saturated carbocycles. The molecule has 1 heterocycles. The van der Waals surface area contributed by atoms with E-state index in [2.05, 4.69) is 9.68 Å². The average molecular weight is 137 g/mol. The number of aromatic amines is 1. The fourth-order valence-corrected chi connectivity index (χ4v) is 0.436. The Bertz CT molecular complexity index is 242. The van der Waals surface area contributed by atoms with Crippen LogP contribution in [-0.2, 0) is 0 Å². The van der Waals surface area contributed by atoms with Crippen molar-refractivity contribution in [3.8, 4) is 0 Å². The van der Waals surface area contributed by atoms with Crippen LogP contribution in [0.25, 0.3) is 0 Å². The van der Waals surface area contributed by atoms with E-state index in [0.29, 0.717) is 11.3 Å². The van der Waals surface area contributed by atoms with Gasteiger partial charge in [-0.3, -0.25) is 4.79 Å². The number of aryl methyl sites for hydroxylation is 1. The Balaban J connectivity index is 0. The molecule has 1 N–H and O–H groups in total. The summed E-state index contributed by atoms with van der Waals surface area (Å²) in [7, 11) is 0. The number of hydrogen-bond acceptors (Lipinski definition) is 2. The molecule has 4 heteroatoms. The first-order valence-corrected chi connectivity index (χ1v) is 2.36. The van der Waals surface area contributed by atoms with Crippen molar-refractivity contribution >= 4 is 0 Å². The van der Waals surface area contributed by atoms with E-state index in [1.165, 1.54) is 0 Å². The zero-order valence-corrected chi connectivity index (χ0v) is 7.82. The molecule has 1 aromatic heterocycles. The molecule has 0 fully saturated rings. The summed E-state index contributed by atoms with van der Waals surface area (Å²) in [4.78, 5) is 10.5. The van der Waals surface area contributed by atoms with Gasteiger partial charge in [0.2, 0.25) is 0 Å². The van der Waals surface area contributed by atoms with Crippen molar-refractivity contribution in [1.82, 2.24) is 5.16 Å². The molecule has 0 amide bonds. The van der Waals surface area contributed by atoms with Gasteiger partial charge < -0.3 is 5.95 Å². The van der Waals surface area contributed by atoms with Crippen LogP contribution in [0.1, 0.15) is 12.8 Å². The van der Waals surface area contributed by atoms with E-state index in [-0.39, 0.29) is 36.5 Å². The Labute approximate surface area is 76.2 Å². The van der Waals surface area contributed by atoms with Crippen LogP contribution >= 0.6 is 0 Å². The van der Waals surface area contributed by atoms with Crippen molar-refractivity contribution in [1.29, 1.82) is 0 Å². The van der Waals surface area contributed by atoms with Crippen molar-refractivity contribution < 1.29 is 35.5 Å². The molecule has 0 bridgehead atoms. The molecule has 0 saturated heterocycles. The normalized spacial score (nSPS) is 8.67. The minimum absolute atomic E-state index is 0. The van der Waals surface area contributed by atoms with E-state index >= 15 is 0 Å². The second-order valence-corrected chi connectivity index (χ2v) is 1.71. The van der Waals surface area contributed by atoms with Crippen molar-refractivity contribution in [3.63, 3.8) is 0 Å². The molecular weight excluding hydrogens is 129 g/mol. The van der Waals surface area contributed by atoms with Crippen LogP contribution in [0.5, 0.6) is 0 Å². The third kappa shape index (κ3) is 1.71. The minimum Gasteiger partial charge on any atom is -1.00 e. The van der Waals surface area contributed by atoms with E-state index < -0.39 is 0 Å². The standard InChI is InChI=1S/C5H7NO2.Na.H/c1-3-4(2)8-6-5(3)7;;/h1-2H3,(H,6,7);;/q;+1;-1. The molecule has 0 aliphatic heterocycles. The monoisotopic (exact) mass is 137 g/mol. The summed E-state index contributed by atoms with van der Waals surface area (Å²) in [6.45, 7) is 3.46. The van der Waals surface area contributed by atoms with Gasteiger partial charge in [-0.15, -0.1) is 0 Å². The molecule has 0 spiro atoms. The number of rotatable bonds is 0. The third-order valence-corrected chi connectivity index (χ3v) is 1.17. The van der Waals surface area contributed by atoms with Crippen LogP contribution in [0, 0.1) is 13.8 Å². The van der Waals surface area contributed by atoms with Gasteiger partial charge in [-0.25, -0.2) is 0 Å². The second kappa shape index (κ2) is 3.25. The number of nitrogens with one attached hydrogen (secondary N) is 1. The first-order chi connectivity index (χ1) is 3.72. The first-order valence-electron chi connectivity index (χ1n) is 2.36. The quantitative estimate of drug-likeness (QED) is 0.409. The third-order valence-electron chi connectivity index (χ3n) is 1.17. The summed E-state index contributed by atoms with van der Waals surface area (Å²) in [5, 5.41) is 2.21. The molecule has 0 atom stereocenters. The molecule has 0 aromatic carbocycles. The predicted molar refractivity (Wildman–Crippen MR) is 29.9 cm³/mol. The van der Waals surface area contributed by atoms with E-state index in [1.54, 1.807) is 13.8 Å². The maximum atomic E-state index is 10.5. The minimum atomic E-state index is -0.137. The van der Waals surface area contributed by atoms with Gasteiger partial charge in [-0.2, -0.15) is 5.16 Å². The molecule has 0 aliphatic rings. The number of aromatic nitrogens is 1. The summed E-state index contributed by atoms with van der Waals surface area (Å²) < 4.78 is 4.66. The van der Waals surface area contributed by atoms with E-state index in [0.717, 1.165) is 0 Å². The first kappa shape index (κ1) is 9.01. The molecule has 3 nitrogen and oxygen atoms in total. The summed E-state index contributed by atoms with van der Waals surface area (Å²) in [5.41, 5.74) is 0.521. The zero-order valence-electron chi connectivity index (χ0n) is 6.82.